The molecule has 0 aliphatic carbocycles. The molecule has 4 rings (SSSR count). The first kappa shape index (κ1) is 24.5. The molecule has 34 heavy (non-hydrogen) atoms. The summed E-state index contributed by atoms with van der Waals surface area (Å²) in [5.74, 6) is 0.837. The number of rotatable bonds is 7. The van der Waals surface area contributed by atoms with Gasteiger partial charge in [-0.3, -0.25) is 4.98 Å². The SMILES string of the molecule is COc1ccc2ncc(C)c(CCN3CCC(NCc4ccc(C)c(C(F)(F)F)c4)CC3)c2c1. The Kier molecular flexibility index (Phi) is 7.43. The molecule has 0 radical (unpaired) electrons. The number of piperidine rings is 1. The van der Waals surface area contributed by atoms with E-state index in [1.807, 2.05) is 18.3 Å². The minimum atomic E-state index is -4.31. The Morgan fingerprint density at radius 1 is 1.06 bits per heavy atom. The molecule has 1 N–H and O–H groups in total. The van der Waals surface area contributed by atoms with E-state index in [0.29, 0.717) is 18.2 Å². The minimum Gasteiger partial charge on any atom is -0.497 e. The molecule has 0 amide bonds. The van der Waals surface area contributed by atoms with Crippen molar-refractivity contribution < 1.29 is 17.9 Å². The molecule has 1 aromatic heterocycles. The molecular formula is C27H32F3N3O. The van der Waals surface area contributed by atoms with Gasteiger partial charge in [-0.05, 0) is 92.7 Å². The largest absolute Gasteiger partial charge is 0.497 e. The zero-order valence-electron chi connectivity index (χ0n) is 20.0. The van der Waals surface area contributed by atoms with Gasteiger partial charge in [0.05, 0.1) is 18.2 Å². The fourth-order valence-electron chi connectivity index (χ4n) is 4.76. The Morgan fingerprint density at radius 2 is 1.82 bits per heavy atom. The Balaban J connectivity index is 1.30. The molecule has 1 saturated heterocycles. The minimum absolute atomic E-state index is 0.264. The number of aromatic nitrogens is 1. The maximum atomic E-state index is 13.2. The number of hydrogen-bond donors (Lipinski definition) is 1. The smallest absolute Gasteiger partial charge is 0.416 e. The number of pyridine rings is 1. The van der Waals surface area contributed by atoms with Crippen molar-refractivity contribution in [2.24, 2.45) is 0 Å². The van der Waals surface area contributed by atoms with Crippen LogP contribution in [-0.4, -0.2) is 42.7 Å². The van der Waals surface area contributed by atoms with Crippen molar-refractivity contribution >= 4 is 10.9 Å². The quantitative estimate of drug-likeness (QED) is 0.481. The lowest BCUT2D eigenvalue weighted by Gasteiger charge is -2.32. The Hall–Kier alpha value is -2.64. The lowest BCUT2D eigenvalue weighted by atomic mass is 9.99. The maximum Gasteiger partial charge on any atom is 0.416 e. The second-order valence-corrected chi connectivity index (χ2v) is 9.20. The van der Waals surface area contributed by atoms with Gasteiger partial charge in [-0.25, -0.2) is 0 Å². The lowest BCUT2D eigenvalue weighted by Crippen LogP contribution is -2.42. The van der Waals surface area contributed by atoms with Crippen LogP contribution in [0, 0.1) is 13.8 Å². The zero-order chi connectivity index (χ0) is 24.3. The van der Waals surface area contributed by atoms with Gasteiger partial charge in [0.2, 0.25) is 0 Å². The maximum absolute atomic E-state index is 13.2. The summed E-state index contributed by atoms with van der Waals surface area (Å²) in [7, 11) is 1.68. The number of likely N-dealkylation sites (tertiary alicyclic amines) is 1. The highest BCUT2D eigenvalue weighted by Gasteiger charge is 2.32. The normalized spacial score (nSPS) is 15.7. The van der Waals surface area contributed by atoms with Crippen molar-refractivity contribution in [3.8, 4) is 5.75 Å². The van der Waals surface area contributed by atoms with Crippen LogP contribution in [0.3, 0.4) is 0 Å². The van der Waals surface area contributed by atoms with Gasteiger partial charge >= 0.3 is 6.18 Å². The topological polar surface area (TPSA) is 37.4 Å². The Morgan fingerprint density at radius 3 is 2.53 bits per heavy atom. The van der Waals surface area contributed by atoms with Gasteiger partial charge in [0, 0.05) is 30.7 Å². The van der Waals surface area contributed by atoms with E-state index in [9.17, 15) is 13.2 Å². The summed E-state index contributed by atoms with van der Waals surface area (Å²) in [4.78, 5) is 7.02. The molecule has 4 nitrogen and oxygen atoms in total. The van der Waals surface area contributed by atoms with Crippen molar-refractivity contribution in [2.45, 2.75) is 51.9 Å². The number of aryl methyl sites for hydroxylation is 2. The number of alkyl halides is 3. The highest BCUT2D eigenvalue weighted by Crippen LogP contribution is 2.32. The first-order chi connectivity index (χ1) is 16.2. The molecule has 182 valence electrons. The number of methoxy groups -OCH3 is 1. The number of nitrogens with zero attached hydrogens (tertiary/aromatic N) is 2. The molecule has 1 aliphatic heterocycles. The van der Waals surface area contributed by atoms with Crippen molar-refractivity contribution in [2.75, 3.05) is 26.7 Å². The van der Waals surface area contributed by atoms with Gasteiger partial charge in [0.1, 0.15) is 5.75 Å². The van der Waals surface area contributed by atoms with Gasteiger partial charge in [-0.15, -0.1) is 0 Å². The number of ether oxygens (including phenoxy) is 1. The van der Waals surface area contributed by atoms with Gasteiger partial charge in [0.25, 0.3) is 0 Å². The summed E-state index contributed by atoms with van der Waals surface area (Å²) >= 11 is 0. The molecule has 0 atom stereocenters. The first-order valence-electron chi connectivity index (χ1n) is 11.8. The molecule has 7 heteroatoms. The average molecular weight is 472 g/mol. The van der Waals surface area contributed by atoms with Crippen molar-refractivity contribution in [3.63, 3.8) is 0 Å². The first-order valence-corrected chi connectivity index (χ1v) is 11.8. The van der Waals surface area contributed by atoms with E-state index < -0.39 is 11.7 Å². The van der Waals surface area contributed by atoms with Crippen LogP contribution in [0.15, 0.2) is 42.6 Å². The predicted octanol–water partition coefficient (Wildman–Crippen LogP) is 5.68. The second-order valence-electron chi connectivity index (χ2n) is 9.20. The fraction of sp³-hybridized carbons (Fsp3) is 0.444. The van der Waals surface area contributed by atoms with E-state index in [2.05, 4.69) is 28.2 Å². The van der Waals surface area contributed by atoms with E-state index in [0.717, 1.165) is 55.5 Å². The monoisotopic (exact) mass is 471 g/mol. The zero-order valence-corrected chi connectivity index (χ0v) is 20.0. The second kappa shape index (κ2) is 10.3. The molecule has 1 aliphatic rings. The standard InChI is InChI=1S/C27H32F3N3O/c1-18-4-5-20(14-25(18)27(28,29)30)17-31-21-8-11-33(12-9-21)13-10-23-19(2)16-32-26-7-6-22(34-3)15-24(23)26/h4-7,14-16,21,31H,8-13,17H2,1-3H3. The van der Waals surface area contributed by atoms with E-state index in [1.54, 1.807) is 19.2 Å². The van der Waals surface area contributed by atoms with Gasteiger partial charge in [0.15, 0.2) is 0 Å². The highest BCUT2D eigenvalue weighted by atomic mass is 19.4. The molecule has 0 spiro atoms. The fourth-order valence-corrected chi connectivity index (χ4v) is 4.76. The van der Waals surface area contributed by atoms with Crippen LogP contribution in [0.5, 0.6) is 5.75 Å². The van der Waals surface area contributed by atoms with E-state index >= 15 is 0 Å². The van der Waals surface area contributed by atoms with Gasteiger partial charge in [-0.2, -0.15) is 13.2 Å². The molecule has 1 fully saturated rings. The Bertz CT molecular complexity index is 1140. The van der Waals surface area contributed by atoms with Crippen LogP contribution in [0.2, 0.25) is 0 Å². The number of halogens is 3. The van der Waals surface area contributed by atoms with E-state index in [1.165, 1.54) is 24.1 Å². The number of fused-ring (bicyclic) bond motifs is 1. The molecule has 3 aromatic rings. The van der Waals surface area contributed by atoms with Crippen LogP contribution >= 0.6 is 0 Å². The highest BCUT2D eigenvalue weighted by molar-refractivity contribution is 5.84. The van der Waals surface area contributed by atoms with Crippen LogP contribution < -0.4 is 10.1 Å². The predicted molar refractivity (Wildman–Crippen MR) is 129 cm³/mol. The number of nitrogens with one attached hydrogen (secondary N) is 1. The summed E-state index contributed by atoms with van der Waals surface area (Å²) in [6.07, 6.45) is 0.550. The third-order valence-electron chi connectivity index (χ3n) is 6.87. The van der Waals surface area contributed by atoms with Crippen LogP contribution in [-0.2, 0) is 19.1 Å². The Labute approximate surface area is 199 Å². The molecule has 2 aromatic carbocycles. The van der Waals surface area contributed by atoms with Crippen LogP contribution in [0.4, 0.5) is 13.2 Å². The van der Waals surface area contributed by atoms with Gasteiger partial charge in [-0.1, -0.05) is 12.1 Å². The van der Waals surface area contributed by atoms with Crippen molar-refractivity contribution in [1.82, 2.24) is 15.2 Å². The summed E-state index contributed by atoms with van der Waals surface area (Å²) in [5.41, 5.74) is 3.88. The van der Waals surface area contributed by atoms with Crippen molar-refractivity contribution in [3.05, 3.63) is 70.4 Å². The third-order valence-corrected chi connectivity index (χ3v) is 6.87. The summed E-state index contributed by atoms with van der Waals surface area (Å²) < 4.78 is 44.9. The summed E-state index contributed by atoms with van der Waals surface area (Å²) in [6.45, 7) is 6.99. The van der Waals surface area contributed by atoms with E-state index in [-0.39, 0.29) is 5.56 Å². The summed E-state index contributed by atoms with van der Waals surface area (Å²) in [5, 5.41) is 4.61. The van der Waals surface area contributed by atoms with Gasteiger partial charge < -0.3 is 15.0 Å². The average Bonchev–Trinajstić information content (AvgIpc) is 2.82. The molecule has 0 bridgehead atoms. The number of hydrogen-bond acceptors (Lipinski definition) is 4. The van der Waals surface area contributed by atoms with Crippen molar-refractivity contribution in [1.29, 1.82) is 0 Å². The van der Waals surface area contributed by atoms with E-state index in [4.69, 9.17) is 4.74 Å². The summed E-state index contributed by atoms with van der Waals surface area (Å²) in [6, 6.07) is 10.9. The van der Waals surface area contributed by atoms with Crippen LogP contribution in [0.1, 0.15) is 40.7 Å². The molecule has 2 heterocycles. The molecule has 0 saturated carbocycles. The lowest BCUT2D eigenvalue weighted by molar-refractivity contribution is -0.138. The third kappa shape index (κ3) is 5.70. The molecular weight excluding hydrogens is 439 g/mol. The molecule has 0 unspecified atom stereocenters. The van der Waals surface area contributed by atoms with Crippen LogP contribution in [0.25, 0.3) is 10.9 Å². The number of benzene rings is 2.